The summed E-state index contributed by atoms with van der Waals surface area (Å²) in [5, 5.41) is 25.2. The van der Waals surface area contributed by atoms with Crippen LogP contribution in [-0.2, 0) is 9.53 Å². The number of fused-ring (bicyclic) bond motifs is 1. The van der Waals surface area contributed by atoms with Crippen molar-refractivity contribution in [2.75, 3.05) is 0 Å². The predicted octanol–water partition coefficient (Wildman–Crippen LogP) is 5.30. The fourth-order valence-electron chi connectivity index (χ4n) is 4.13. The minimum Gasteiger partial charge on any atom is -0.444 e. The van der Waals surface area contributed by atoms with Crippen LogP contribution in [0, 0.1) is 0 Å². The molecule has 0 bridgehead atoms. The first-order valence-electron chi connectivity index (χ1n) is 16.0. The van der Waals surface area contributed by atoms with E-state index in [0.717, 1.165) is 37.8 Å². The Balaban J connectivity index is 0.000000750. The number of rotatable bonds is 11. The minimum absolute atomic E-state index is 0. The molecule has 12 nitrogen and oxygen atoms in total. The molecule has 0 saturated heterocycles. The van der Waals surface area contributed by atoms with Crippen LogP contribution in [0.1, 0.15) is 137 Å². The Morgan fingerprint density at radius 2 is 1.57 bits per heavy atom. The molecule has 2 aromatic rings. The molecule has 1 saturated carbocycles. The molecule has 1 fully saturated rings. The molecule has 1 aliphatic rings. The van der Waals surface area contributed by atoms with Crippen molar-refractivity contribution in [3.8, 4) is 0 Å². The Morgan fingerprint density at radius 1 is 1.02 bits per heavy atom. The van der Waals surface area contributed by atoms with E-state index in [2.05, 4.69) is 25.6 Å². The topological polar surface area (TPSA) is 193 Å². The van der Waals surface area contributed by atoms with Crippen molar-refractivity contribution >= 4 is 41.4 Å². The zero-order valence-corrected chi connectivity index (χ0v) is 30.4. The van der Waals surface area contributed by atoms with E-state index in [1.807, 2.05) is 27.7 Å². The molecule has 0 aromatic carbocycles. The third-order valence-electron chi connectivity index (χ3n) is 7.76. The number of alkyl carbamates (subject to hydrolysis) is 1. The van der Waals surface area contributed by atoms with Crippen molar-refractivity contribution in [2.45, 2.75) is 156 Å². The number of aromatic nitrogens is 3. The Kier molecular flexibility index (Phi) is 17.4. The molecule has 0 unspecified atom stereocenters. The van der Waals surface area contributed by atoms with Gasteiger partial charge in [-0.1, -0.05) is 26.7 Å². The molecule has 5 atom stereocenters. The van der Waals surface area contributed by atoms with Gasteiger partial charge in [0.05, 0.1) is 40.7 Å². The summed E-state index contributed by atoms with van der Waals surface area (Å²) >= 11 is 0. The highest BCUT2D eigenvalue weighted by Gasteiger charge is 2.30. The molecule has 0 spiro atoms. The number of H-pyrrole nitrogens is 1. The summed E-state index contributed by atoms with van der Waals surface area (Å²) in [6, 6.07) is -0.966. The summed E-state index contributed by atoms with van der Waals surface area (Å²) < 4.78 is 4.96. The van der Waals surface area contributed by atoms with Gasteiger partial charge in [0.2, 0.25) is 0 Å². The quantitative estimate of drug-likeness (QED) is 0.184. The molecule has 13 heteroatoms. The second kappa shape index (κ2) is 18.5. The summed E-state index contributed by atoms with van der Waals surface area (Å²) in [5.41, 5.74) is 6.04. The number of carbonyl (C=O) groups excluding carboxylic acids is 3. The third kappa shape index (κ3) is 14.7. The number of aromatic amines is 1. The SMILES string of the molecule is CC(=O)[C@@H](C)NC(=O)OC(C)(C)C.CCC[C@@](C)(O)[C@@H](C)N.CCC[C@@](C)(O)[C@@H](C)NC(=O)c1c[nH]c2ncc(C3CC3)nc12.Cl. The van der Waals surface area contributed by atoms with Crippen LogP contribution in [0.15, 0.2) is 12.4 Å². The van der Waals surface area contributed by atoms with Crippen molar-refractivity contribution in [2.24, 2.45) is 5.73 Å². The smallest absolute Gasteiger partial charge is 0.408 e. The van der Waals surface area contributed by atoms with E-state index in [0.29, 0.717) is 29.1 Å². The van der Waals surface area contributed by atoms with E-state index < -0.39 is 28.9 Å². The van der Waals surface area contributed by atoms with Crippen LogP contribution in [0.5, 0.6) is 0 Å². The predicted molar refractivity (Wildman–Crippen MR) is 184 cm³/mol. The van der Waals surface area contributed by atoms with Gasteiger partial charge in [0.1, 0.15) is 11.1 Å². The highest BCUT2D eigenvalue weighted by atomic mass is 35.5. The Labute approximate surface area is 280 Å². The van der Waals surface area contributed by atoms with Crippen LogP contribution in [0.25, 0.3) is 11.2 Å². The third-order valence-corrected chi connectivity index (χ3v) is 7.76. The van der Waals surface area contributed by atoms with Crippen molar-refractivity contribution in [1.29, 1.82) is 0 Å². The maximum absolute atomic E-state index is 12.6. The zero-order chi connectivity index (χ0) is 34.8. The summed E-state index contributed by atoms with van der Waals surface area (Å²) in [5.74, 6) is 0.162. The molecular weight excluding hydrogens is 612 g/mol. The average molecular weight is 671 g/mol. The van der Waals surface area contributed by atoms with Crippen LogP contribution >= 0.6 is 12.4 Å². The van der Waals surface area contributed by atoms with Crippen LogP contribution in [-0.4, -0.2) is 77.9 Å². The number of nitrogens with one attached hydrogen (secondary N) is 3. The standard InChI is InChI=1S/C17H24N4O2.C9H17NO3.C7H17NO.ClH/c1-4-7-17(3,23)10(2)20-16(22)12-8-18-15-14(12)21-13(9-19-15)11-5-6-11;1-6(7(2)11)10-8(12)13-9(3,4)5;1-4-5-7(3,9)6(2)8;/h8-11,23H,4-7H2,1-3H3,(H,18,19)(H,20,22);6H,1-5H3,(H,10,12);6,9H,4-5,8H2,1-3H3;1H/t10-,17-;6-;6-,7-;/m111./s1. The van der Waals surface area contributed by atoms with E-state index in [-0.39, 0.29) is 36.2 Å². The van der Waals surface area contributed by atoms with Gasteiger partial charge in [-0.3, -0.25) is 9.59 Å². The fourth-order valence-corrected chi connectivity index (χ4v) is 4.13. The number of nitrogens with two attached hydrogens (primary N) is 1. The summed E-state index contributed by atoms with van der Waals surface area (Å²) in [7, 11) is 0. The van der Waals surface area contributed by atoms with E-state index in [9.17, 15) is 24.6 Å². The van der Waals surface area contributed by atoms with Crippen LogP contribution in [0.3, 0.4) is 0 Å². The molecule has 264 valence electrons. The molecule has 3 rings (SSSR count). The lowest BCUT2D eigenvalue weighted by molar-refractivity contribution is -0.118. The molecule has 2 amide bonds. The summed E-state index contributed by atoms with van der Waals surface area (Å²) in [6.07, 6.45) is 8.40. The highest BCUT2D eigenvalue weighted by molar-refractivity contribution is 6.04. The Morgan fingerprint density at radius 3 is 2.00 bits per heavy atom. The molecule has 0 radical (unpaired) electrons. The van der Waals surface area contributed by atoms with Gasteiger partial charge in [0.15, 0.2) is 11.4 Å². The monoisotopic (exact) mass is 670 g/mol. The average Bonchev–Trinajstić information content (AvgIpc) is 3.66. The van der Waals surface area contributed by atoms with Gasteiger partial charge in [-0.25, -0.2) is 14.8 Å². The molecule has 7 N–H and O–H groups in total. The van der Waals surface area contributed by atoms with Gasteiger partial charge in [-0.15, -0.1) is 12.4 Å². The van der Waals surface area contributed by atoms with Gasteiger partial charge in [-0.2, -0.15) is 0 Å². The lowest BCUT2D eigenvalue weighted by Gasteiger charge is -2.30. The number of hydrogen-bond donors (Lipinski definition) is 6. The van der Waals surface area contributed by atoms with Gasteiger partial charge in [0, 0.05) is 18.2 Å². The first-order chi connectivity index (χ1) is 20.6. The highest BCUT2D eigenvalue weighted by Crippen LogP contribution is 2.39. The lowest BCUT2D eigenvalue weighted by atomic mass is 9.92. The fraction of sp³-hybridized carbons (Fsp3) is 0.727. The number of ether oxygens (including phenoxy) is 1. The zero-order valence-electron chi connectivity index (χ0n) is 29.6. The van der Waals surface area contributed by atoms with Crippen molar-refractivity contribution < 1.29 is 29.3 Å². The molecule has 1 aliphatic carbocycles. The van der Waals surface area contributed by atoms with Crippen molar-refractivity contribution in [1.82, 2.24) is 25.6 Å². The van der Waals surface area contributed by atoms with Crippen LogP contribution in [0.4, 0.5) is 4.79 Å². The van der Waals surface area contributed by atoms with Crippen molar-refractivity contribution in [3.63, 3.8) is 0 Å². The van der Waals surface area contributed by atoms with E-state index in [1.54, 1.807) is 53.9 Å². The number of carbonyl (C=O) groups is 3. The minimum atomic E-state index is -0.929. The van der Waals surface area contributed by atoms with Gasteiger partial charge >= 0.3 is 6.09 Å². The maximum Gasteiger partial charge on any atom is 0.408 e. The van der Waals surface area contributed by atoms with E-state index in [1.165, 1.54) is 6.92 Å². The largest absolute Gasteiger partial charge is 0.444 e. The summed E-state index contributed by atoms with van der Waals surface area (Å²) in [4.78, 5) is 46.4. The normalized spacial score (nSPS) is 17.2. The van der Waals surface area contributed by atoms with Crippen molar-refractivity contribution in [3.05, 3.63) is 23.7 Å². The Bertz CT molecular complexity index is 1250. The van der Waals surface area contributed by atoms with Crippen LogP contribution < -0.4 is 16.4 Å². The molecule has 46 heavy (non-hydrogen) atoms. The van der Waals surface area contributed by atoms with Crippen LogP contribution in [0.2, 0.25) is 0 Å². The molecule has 2 aromatic heterocycles. The summed E-state index contributed by atoms with van der Waals surface area (Å²) in [6.45, 7) is 19.6. The van der Waals surface area contributed by atoms with Gasteiger partial charge < -0.3 is 36.3 Å². The number of halogens is 1. The second-order valence-electron chi connectivity index (χ2n) is 13.6. The van der Waals surface area contributed by atoms with Gasteiger partial charge in [-0.05, 0) is 88.0 Å². The lowest BCUT2D eigenvalue weighted by Crippen LogP contribution is -2.49. The molecule has 0 aliphatic heterocycles. The number of ketones is 1. The number of amides is 2. The maximum atomic E-state index is 12.6. The van der Waals surface area contributed by atoms with Gasteiger partial charge in [0.25, 0.3) is 5.91 Å². The molecular formula is C33H59ClN6O6. The number of Topliss-reactive ketones (excluding diaryl/α,β-unsaturated/α-hetero) is 1. The number of nitrogens with zero attached hydrogens (tertiary/aromatic N) is 2. The number of hydrogen-bond acceptors (Lipinski definition) is 9. The Hall–Kier alpha value is -2.80. The van der Waals surface area contributed by atoms with E-state index >= 15 is 0 Å². The molecule has 2 heterocycles. The first-order valence-corrected chi connectivity index (χ1v) is 16.0. The number of aliphatic hydroxyl groups is 2. The second-order valence-corrected chi connectivity index (χ2v) is 13.6. The first kappa shape index (κ1) is 43.2. The van der Waals surface area contributed by atoms with E-state index in [4.69, 9.17) is 10.5 Å².